The Morgan fingerprint density at radius 2 is 1.90 bits per heavy atom. The molecule has 7 nitrogen and oxygen atoms in total. The second-order valence-electron chi connectivity index (χ2n) is 3.92. The van der Waals surface area contributed by atoms with Gasteiger partial charge in [-0.05, 0) is 18.2 Å². The Morgan fingerprint density at radius 3 is 2.65 bits per heavy atom. The summed E-state index contributed by atoms with van der Waals surface area (Å²) in [6.45, 7) is 0. The number of thiazole rings is 1. The molecule has 0 aliphatic rings. The van der Waals surface area contributed by atoms with E-state index in [9.17, 15) is 8.42 Å². The first-order valence-corrected chi connectivity index (χ1v) is 7.84. The molecule has 102 valence electrons. The zero-order valence-corrected chi connectivity index (χ0v) is 11.6. The Balaban J connectivity index is 1.94. The summed E-state index contributed by atoms with van der Waals surface area (Å²) in [4.78, 5) is 11.4. The highest BCUT2D eigenvalue weighted by molar-refractivity contribution is 7.92. The van der Waals surface area contributed by atoms with Gasteiger partial charge in [-0.25, -0.2) is 23.4 Å². The third-order valence-electron chi connectivity index (χ3n) is 2.54. The van der Waals surface area contributed by atoms with Gasteiger partial charge in [0.1, 0.15) is 4.90 Å². The van der Waals surface area contributed by atoms with Crippen molar-refractivity contribution in [2.24, 2.45) is 0 Å². The summed E-state index contributed by atoms with van der Waals surface area (Å²) in [5, 5.41) is 0. The van der Waals surface area contributed by atoms with E-state index in [2.05, 4.69) is 19.7 Å². The van der Waals surface area contributed by atoms with Crippen LogP contribution in [-0.4, -0.2) is 23.4 Å². The van der Waals surface area contributed by atoms with Crippen LogP contribution in [0, 0.1) is 0 Å². The fourth-order valence-corrected chi connectivity index (χ4v) is 3.25. The van der Waals surface area contributed by atoms with E-state index in [1.165, 1.54) is 11.3 Å². The number of hydrogen-bond acceptors (Lipinski definition) is 7. The standard InChI is InChI=1S/C11H9N5O2S2/c12-11-13-4-8(5-14-11)20(17,18)16-7-1-2-9-10(3-7)19-6-15-9/h1-6,16H,(H2,12,13,14). The van der Waals surface area contributed by atoms with Crippen molar-refractivity contribution in [1.29, 1.82) is 0 Å². The molecule has 0 saturated heterocycles. The summed E-state index contributed by atoms with van der Waals surface area (Å²) in [7, 11) is -3.73. The maximum Gasteiger partial charge on any atom is 0.264 e. The van der Waals surface area contributed by atoms with Crippen LogP contribution in [0.5, 0.6) is 0 Å². The molecule has 0 spiro atoms. The smallest absolute Gasteiger partial charge is 0.264 e. The summed E-state index contributed by atoms with van der Waals surface area (Å²) in [6, 6.07) is 5.13. The largest absolute Gasteiger partial charge is 0.368 e. The topological polar surface area (TPSA) is 111 Å². The average molecular weight is 307 g/mol. The van der Waals surface area contributed by atoms with Crippen LogP contribution in [0.2, 0.25) is 0 Å². The molecule has 0 amide bonds. The lowest BCUT2D eigenvalue weighted by Crippen LogP contribution is -2.13. The quantitative estimate of drug-likeness (QED) is 0.758. The Bertz CT molecular complexity index is 858. The van der Waals surface area contributed by atoms with Crippen molar-refractivity contribution < 1.29 is 8.42 Å². The van der Waals surface area contributed by atoms with E-state index in [-0.39, 0.29) is 10.8 Å². The predicted molar refractivity (Wildman–Crippen MR) is 76.9 cm³/mol. The molecule has 9 heteroatoms. The van der Waals surface area contributed by atoms with E-state index in [4.69, 9.17) is 5.73 Å². The van der Waals surface area contributed by atoms with Crippen molar-refractivity contribution in [2.45, 2.75) is 4.90 Å². The molecule has 0 bridgehead atoms. The minimum absolute atomic E-state index is 0.0232. The number of fused-ring (bicyclic) bond motifs is 1. The van der Waals surface area contributed by atoms with Crippen LogP contribution in [0.1, 0.15) is 0 Å². The van der Waals surface area contributed by atoms with Crippen LogP contribution in [0.4, 0.5) is 11.6 Å². The van der Waals surface area contributed by atoms with E-state index in [1.54, 1.807) is 23.7 Å². The van der Waals surface area contributed by atoms with Crippen molar-refractivity contribution in [3.05, 3.63) is 36.1 Å². The highest BCUT2D eigenvalue weighted by Crippen LogP contribution is 2.23. The molecule has 0 atom stereocenters. The lowest BCUT2D eigenvalue weighted by atomic mass is 10.3. The van der Waals surface area contributed by atoms with Gasteiger partial charge in [0.25, 0.3) is 10.0 Å². The van der Waals surface area contributed by atoms with Crippen LogP contribution >= 0.6 is 11.3 Å². The molecule has 20 heavy (non-hydrogen) atoms. The van der Waals surface area contributed by atoms with Crippen molar-refractivity contribution in [2.75, 3.05) is 10.5 Å². The molecule has 0 radical (unpaired) electrons. The van der Waals surface area contributed by atoms with E-state index in [0.29, 0.717) is 5.69 Å². The molecule has 2 aromatic heterocycles. The summed E-state index contributed by atoms with van der Waals surface area (Å²) >= 11 is 1.44. The highest BCUT2D eigenvalue weighted by atomic mass is 32.2. The number of sulfonamides is 1. The molecule has 0 aliphatic carbocycles. The number of rotatable bonds is 3. The molecule has 1 aromatic carbocycles. The van der Waals surface area contributed by atoms with Gasteiger partial charge in [-0.15, -0.1) is 11.3 Å². The summed E-state index contributed by atoms with van der Waals surface area (Å²) in [5.41, 5.74) is 8.32. The summed E-state index contributed by atoms with van der Waals surface area (Å²) in [6.07, 6.45) is 2.33. The SMILES string of the molecule is Nc1ncc(S(=O)(=O)Nc2ccc3ncsc3c2)cn1. The molecule has 3 rings (SSSR count). The van der Waals surface area contributed by atoms with Gasteiger partial charge in [-0.2, -0.15) is 0 Å². The molecule has 3 aromatic rings. The Labute approximate surface area is 118 Å². The average Bonchev–Trinajstić information content (AvgIpc) is 2.86. The van der Waals surface area contributed by atoms with Gasteiger partial charge in [0.05, 0.1) is 33.8 Å². The molecule has 0 aliphatic heterocycles. The normalized spacial score (nSPS) is 11.6. The summed E-state index contributed by atoms with van der Waals surface area (Å²) < 4.78 is 27.7. The summed E-state index contributed by atoms with van der Waals surface area (Å²) in [5.74, 6) is 0.0232. The van der Waals surface area contributed by atoms with Crippen LogP contribution in [0.25, 0.3) is 10.2 Å². The molecule has 0 saturated carbocycles. The molecule has 2 heterocycles. The maximum absolute atomic E-state index is 12.1. The third kappa shape index (κ3) is 2.40. The number of anilines is 2. The Kier molecular flexibility index (Phi) is 2.99. The fraction of sp³-hybridized carbons (Fsp3) is 0. The maximum atomic E-state index is 12.1. The first kappa shape index (κ1) is 12.8. The van der Waals surface area contributed by atoms with Crippen molar-refractivity contribution in [3.8, 4) is 0 Å². The minimum atomic E-state index is -3.73. The van der Waals surface area contributed by atoms with Gasteiger partial charge in [0.2, 0.25) is 5.95 Å². The number of nitrogens with zero attached hydrogens (tertiary/aromatic N) is 3. The number of hydrogen-bond donors (Lipinski definition) is 2. The molecule has 0 unspecified atom stereocenters. The van der Waals surface area contributed by atoms with Gasteiger partial charge in [0.15, 0.2) is 0 Å². The Morgan fingerprint density at radius 1 is 1.15 bits per heavy atom. The second-order valence-corrected chi connectivity index (χ2v) is 6.49. The number of nitrogen functional groups attached to an aromatic ring is 1. The number of aromatic nitrogens is 3. The van der Waals surface area contributed by atoms with Crippen LogP contribution in [0.3, 0.4) is 0 Å². The van der Waals surface area contributed by atoms with Crippen LogP contribution < -0.4 is 10.5 Å². The third-order valence-corrected chi connectivity index (χ3v) is 4.67. The van der Waals surface area contributed by atoms with E-state index in [0.717, 1.165) is 22.6 Å². The van der Waals surface area contributed by atoms with Crippen molar-refractivity contribution >= 4 is 43.2 Å². The molecular formula is C11H9N5O2S2. The van der Waals surface area contributed by atoms with E-state index >= 15 is 0 Å². The van der Waals surface area contributed by atoms with E-state index in [1.807, 2.05) is 0 Å². The highest BCUT2D eigenvalue weighted by Gasteiger charge is 2.15. The van der Waals surface area contributed by atoms with Crippen LogP contribution in [0.15, 0.2) is 41.0 Å². The lowest BCUT2D eigenvalue weighted by molar-refractivity contribution is 0.600. The van der Waals surface area contributed by atoms with Gasteiger partial charge >= 0.3 is 0 Å². The number of nitrogens with one attached hydrogen (secondary N) is 1. The Hall–Kier alpha value is -2.26. The predicted octanol–water partition coefficient (Wildman–Crippen LogP) is 1.47. The van der Waals surface area contributed by atoms with Gasteiger partial charge in [-0.3, -0.25) is 4.72 Å². The molecule has 0 fully saturated rings. The van der Waals surface area contributed by atoms with Gasteiger partial charge in [-0.1, -0.05) is 0 Å². The lowest BCUT2D eigenvalue weighted by Gasteiger charge is -2.07. The van der Waals surface area contributed by atoms with Gasteiger partial charge in [0, 0.05) is 0 Å². The first-order valence-electron chi connectivity index (χ1n) is 5.48. The van der Waals surface area contributed by atoms with E-state index < -0.39 is 10.0 Å². The van der Waals surface area contributed by atoms with Gasteiger partial charge < -0.3 is 5.73 Å². The number of nitrogens with two attached hydrogens (primary N) is 1. The number of benzene rings is 1. The minimum Gasteiger partial charge on any atom is -0.368 e. The molecular weight excluding hydrogens is 298 g/mol. The zero-order chi connectivity index (χ0) is 14.2. The zero-order valence-electron chi connectivity index (χ0n) is 10.0. The van der Waals surface area contributed by atoms with Crippen molar-refractivity contribution in [1.82, 2.24) is 15.0 Å². The molecule has 3 N–H and O–H groups in total. The fourth-order valence-electron chi connectivity index (χ4n) is 1.60. The first-order chi connectivity index (χ1) is 9.54. The van der Waals surface area contributed by atoms with Crippen LogP contribution in [-0.2, 0) is 10.0 Å². The van der Waals surface area contributed by atoms with Crippen molar-refractivity contribution in [3.63, 3.8) is 0 Å². The second kappa shape index (κ2) is 4.69. The monoisotopic (exact) mass is 307 g/mol.